The van der Waals surface area contributed by atoms with Crippen LogP contribution in [-0.2, 0) is 59.4 Å². The number of piperidine rings is 2. The van der Waals surface area contributed by atoms with Crippen molar-refractivity contribution in [2.45, 2.75) is 76.5 Å². The Kier molecular flexibility index (Phi) is 10.8. The van der Waals surface area contributed by atoms with Gasteiger partial charge in [-0.3, -0.25) is 49.0 Å². The van der Waals surface area contributed by atoms with Gasteiger partial charge in [0, 0.05) is 63.0 Å². The molecule has 0 radical (unpaired) electrons. The summed E-state index contributed by atoms with van der Waals surface area (Å²) in [6, 6.07) is 9.30. The molecule has 4 heterocycles. The van der Waals surface area contributed by atoms with Crippen LogP contribution in [0.5, 0.6) is 0 Å². The maximum atomic E-state index is 13.0. The summed E-state index contributed by atoms with van der Waals surface area (Å²) in [6.45, 7) is 1.59. The minimum Gasteiger partial charge on any atom is -0.378 e. The van der Waals surface area contributed by atoms with Crippen molar-refractivity contribution in [2.24, 2.45) is 0 Å². The van der Waals surface area contributed by atoms with Gasteiger partial charge in [0.25, 0.3) is 11.8 Å². The number of carbonyl (C=O) groups is 8. The van der Waals surface area contributed by atoms with E-state index in [4.69, 9.17) is 4.74 Å². The molecule has 15 heteroatoms. The third-order valence-electron chi connectivity index (χ3n) is 9.74. The highest BCUT2D eigenvalue weighted by Crippen LogP contribution is 2.31. The molecular formula is C36H40N6O9. The molecule has 0 aliphatic carbocycles. The van der Waals surface area contributed by atoms with Crippen LogP contribution in [-0.4, -0.2) is 95.4 Å². The summed E-state index contributed by atoms with van der Waals surface area (Å²) in [4.78, 5) is 102. The number of hydrogen-bond donors (Lipinski definition) is 4. The van der Waals surface area contributed by atoms with Crippen LogP contribution in [0.25, 0.3) is 0 Å². The standard InChI is InChI=1S/C36H40N6O9/c43-29(11-7-21-3-1-5-23-25(21)19-41(35(23)49)27-9-13-31(45)39-33(27)47)37-15-17-51-18-16-38-30(44)12-8-22-4-2-6-24-26(22)20-42(36(24)50)28-10-14-32(46)40-34(28)48/h1-6,27-28H,7-20H2,(H,37,43)(H,38,44)(H,39,45,47)(H,40,46,48). The summed E-state index contributed by atoms with van der Waals surface area (Å²) < 4.78 is 5.55. The second-order valence-corrected chi connectivity index (χ2v) is 13.0. The Morgan fingerprint density at radius 3 is 1.51 bits per heavy atom. The van der Waals surface area contributed by atoms with Gasteiger partial charge in [0.2, 0.25) is 35.4 Å². The molecule has 2 saturated heterocycles. The van der Waals surface area contributed by atoms with Gasteiger partial charge in [-0.25, -0.2) is 0 Å². The number of carbonyl (C=O) groups excluding carboxylic acids is 8. The highest BCUT2D eigenvalue weighted by Gasteiger charge is 2.41. The molecule has 4 aliphatic rings. The molecule has 4 N–H and O–H groups in total. The van der Waals surface area contributed by atoms with Crippen molar-refractivity contribution < 1.29 is 43.1 Å². The van der Waals surface area contributed by atoms with E-state index in [2.05, 4.69) is 21.3 Å². The zero-order valence-corrected chi connectivity index (χ0v) is 28.1. The second-order valence-electron chi connectivity index (χ2n) is 13.0. The summed E-state index contributed by atoms with van der Waals surface area (Å²) in [5, 5.41) is 10.2. The van der Waals surface area contributed by atoms with Crippen LogP contribution in [0.2, 0.25) is 0 Å². The van der Waals surface area contributed by atoms with E-state index < -0.39 is 23.9 Å². The summed E-state index contributed by atoms with van der Waals surface area (Å²) >= 11 is 0. The van der Waals surface area contributed by atoms with Gasteiger partial charge in [-0.2, -0.15) is 0 Å². The lowest BCUT2D eigenvalue weighted by Gasteiger charge is -2.29. The molecule has 6 rings (SSSR count). The van der Waals surface area contributed by atoms with Crippen LogP contribution in [0.3, 0.4) is 0 Å². The molecule has 0 saturated carbocycles. The zero-order chi connectivity index (χ0) is 36.1. The minimum atomic E-state index is -0.697. The van der Waals surface area contributed by atoms with Crippen molar-refractivity contribution in [2.75, 3.05) is 26.3 Å². The van der Waals surface area contributed by atoms with E-state index in [0.717, 1.165) is 22.3 Å². The molecule has 2 aromatic rings. The molecule has 2 unspecified atom stereocenters. The van der Waals surface area contributed by atoms with Gasteiger partial charge in [-0.15, -0.1) is 0 Å². The average molecular weight is 701 g/mol. The Morgan fingerprint density at radius 1 is 0.667 bits per heavy atom. The van der Waals surface area contributed by atoms with E-state index in [9.17, 15) is 38.4 Å². The largest absolute Gasteiger partial charge is 0.378 e. The predicted molar refractivity (Wildman–Crippen MR) is 178 cm³/mol. The monoisotopic (exact) mass is 700 g/mol. The van der Waals surface area contributed by atoms with Crippen molar-refractivity contribution >= 4 is 47.3 Å². The number of amides is 8. The highest BCUT2D eigenvalue weighted by molar-refractivity contribution is 6.06. The molecule has 2 atom stereocenters. The first-order valence-corrected chi connectivity index (χ1v) is 17.2. The lowest BCUT2D eigenvalue weighted by atomic mass is 9.99. The Morgan fingerprint density at radius 2 is 1.10 bits per heavy atom. The maximum Gasteiger partial charge on any atom is 0.255 e. The summed E-state index contributed by atoms with van der Waals surface area (Å²) in [6.07, 6.45) is 2.16. The first kappa shape index (κ1) is 35.4. The van der Waals surface area contributed by atoms with Gasteiger partial charge in [-0.1, -0.05) is 24.3 Å². The van der Waals surface area contributed by atoms with Crippen molar-refractivity contribution in [1.29, 1.82) is 0 Å². The average Bonchev–Trinajstić information content (AvgIpc) is 3.62. The van der Waals surface area contributed by atoms with Gasteiger partial charge in [-0.05, 0) is 60.1 Å². The summed E-state index contributed by atoms with van der Waals surface area (Å²) in [5.74, 6) is -2.47. The van der Waals surface area contributed by atoms with Crippen LogP contribution in [0.15, 0.2) is 36.4 Å². The van der Waals surface area contributed by atoms with E-state index in [1.165, 1.54) is 9.80 Å². The number of benzene rings is 2. The van der Waals surface area contributed by atoms with E-state index in [1.807, 2.05) is 12.1 Å². The van der Waals surface area contributed by atoms with Gasteiger partial charge < -0.3 is 25.2 Å². The smallest absolute Gasteiger partial charge is 0.255 e. The minimum absolute atomic E-state index is 0.176. The number of rotatable bonds is 14. The number of imide groups is 2. The molecule has 0 bridgehead atoms. The third kappa shape index (κ3) is 7.98. The first-order valence-electron chi connectivity index (χ1n) is 17.2. The van der Waals surface area contributed by atoms with Crippen LogP contribution in [0, 0.1) is 0 Å². The van der Waals surface area contributed by atoms with Crippen molar-refractivity contribution in [3.05, 3.63) is 69.8 Å². The van der Waals surface area contributed by atoms with E-state index in [0.29, 0.717) is 24.0 Å². The van der Waals surface area contributed by atoms with Crippen LogP contribution < -0.4 is 21.3 Å². The lowest BCUT2D eigenvalue weighted by Crippen LogP contribution is -2.52. The fourth-order valence-corrected chi connectivity index (χ4v) is 7.07. The van der Waals surface area contributed by atoms with Crippen molar-refractivity contribution in [3.63, 3.8) is 0 Å². The lowest BCUT2D eigenvalue weighted by molar-refractivity contribution is -0.138. The highest BCUT2D eigenvalue weighted by atomic mass is 16.5. The number of aryl methyl sites for hydroxylation is 2. The van der Waals surface area contributed by atoms with E-state index >= 15 is 0 Å². The SMILES string of the molecule is O=C(CCc1cccc2c1CN(C1CCC(=O)NC1=O)C2=O)NCCOCCNC(=O)CCc1cccc2c1CN(C1CCC(=O)NC1=O)C2=O. The van der Waals surface area contributed by atoms with Crippen molar-refractivity contribution in [1.82, 2.24) is 31.1 Å². The van der Waals surface area contributed by atoms with E-state index in [-0.39, 0.29) is 113 Å². The summed E-state index contributed by atoms with van der Waals surface area (Å²) in [5.41, 5.74) is 4.33. The fraction of sp³-hybridized carbons (Fsp3) is 0.444. The third-order valence-corrected chi connectivity index (χ3v) is 9.74. The number of hydrogen-bond acceptors (Lipinski definition) is 9. The van der Waals surface area contributed by atoms with Crippen molar-refractivity contribution in [3.8, 4) is 0 Å². The van der Waals surface area contributed by atoms with Gasteiger partial charge in [0.05, 0.1) is 13.2 Å². The second kappa shape index (κ2) is 15.6. The van der Waals surface area contributed by atoms with Crippen LogP contribution in [0.4, 0.5) is 0 Å². The molecule has 268 valence electrons. The molecule has 4 aliphatic heterocycles. The molecule has 8 amide bonds. The molecule has 51 heavy (non-hydrogen) atoms. The topological polar surface area (TPSA) is 200 Å². The Labute approximate surface area is 293 Å². The van der Waals surface area contributed by atoms with E-state index in [1.54, 1.807) is 24.3 Å². The molecule has 2 aromatic carbocycles. The quantitative estimate of drug-likeness (QED) is 0.155. The van der Waals surface area contributed by atoms with Gasteiger partial charge >= 0.3 is 0 Å². The molecule has 0 spiro atoms. The molecule has 0 aromatic heterocycles. The number of fused-ring (bicyclic) bond motifs is 2. The first-order chi connectivity index (χ1) is 24.6. The van der Waals surface area contributed by atoms with Crippen LogP contribution in [0.1, 0.15) is 81.5 Å². The maximum absolute atomic E-state index is 13.0. The predicted octanol–water partition coefficient (Wildman–Crippen LogP) is 0.0230. The molecule has 15 nitrogen and oxygen atoms in total. The Hall–Kier alpha value is -5.44. The Bertz CT molecular complexity index is 1660. The summed E-state index contributed by atoms with van der Waals surface area (Å²) in [7, 11) is 0. The zero-order valence-electron chi connectivity index (χ0n) is 28.1. The fourth-order valence-electron chi connectivity index (χ4n) is 7.07. The normalized spacial score (nSPS) is 19.8. The van der Waals surface area contributed by atoms with Crippen LogP contribution >= 0.6 is 0 Å². The molecular weight excluding hydrogens is 660 g/mol. The number of nitrogens with zero attached hydrogens (tertiary/aromatic N) is 2. The van der Waals surface area contributed by atoms with Gasteiger partial charge in [0.1, 0.15) is 12.1 Å². The molecule has 2 fully saturated rings. The Balaban J connectivity index is 0.857. The van der Waals surface area contributed by atoms with Gasteiger partial charge in [0.15, 0.2) is 0 Å². The number of nitrogens with one attached hydrogen (secondary N) is 4. The number of ether oxygens (including phenoxy) is 1.